The Hall–Kier alpha value is -1.85. The van der Waals surface area contributed by atoms with E-state index in [9.17, 15) is 0 Å². The van der Waals surface area contributed by atoms with E-state index in [1.165, 1.54) is 21.9 Å². The molecule has 0 aliphatic heterocycles. The van der Waals surface area contributed by atoms with E-state index >= 15 is 0 Å². The Balaban J connectivity index is 1.79. The highest BCUT2D eigenvalue weighted by Crippen LogP contribution is 2.36. The van der Waals surface area contributed by atoms with E-state index in [2.05, 4.69) is 67.2 Å². The van der Waals surface area contributed by atoms with Gasteiger partial charge in [-0.2, -0.15) is 0 Å². The molecule has 0 bridgehead atoms. The van der Waals surface area contributed by atoms with Gasteiger partial charge in [0, 0.05) is 21.4 Å². The standard InChI is InChI=1S/C20H17Br2N3/c1-25(20(23)24-17-11-14(21)8-9-16(17)22)18-10-7-13-6-5-12-3-2-4-15(18)19(12)13/h2-4,7-11H,5-6H2,1H3,(H2,23,24). The Morgan fingerprint density at radius 3 is 2.60 bits per heavy atom. The second-order valence-corrected chi connectivity index (χ2v) is 7.98. The third-order valence-corrected chi connectivity index (χ3v) is 5.87. The van der Waals surface area contributed by atoms with Crippen LogP contribution < -0.4 is 10.6 Å². The van der Waals surface area contributed by atoms with Gasteiger partial charge in [0.2, 0.25) is 5.96 Å². The summed E-state index contributed by atoms with van der Waals surface area (Å²) in [5, 5.41) is 2.62. The molecule has 3 nitrogen and oxygen atoms in total. The maximum absolute atomic E-state index is 6.32. The lowest BCUT2D eigenvalue weighted by Crippen LogP contribution is -2.33. The average molecular weight is 459 g/mol. The van der Waals surface area contributed by atoms with E-state index in [4.69, 9.17) is 5.73 Å². The summed E-state index contributed by atoms with van der Waals surface area (Å²) in [7, 11) is 1.96. The van der Waals surface area contributed by atoms with Gasteiger partial charge in [0.1, 0.15) is 0 Å². The van der Waals surface area contributed by atoms with Crippen LogP contribution in [0, 0.1) is 0 Å². The number of guanidine groups is 1. The van der Waals surface area contributed by atoms with Crippen molar-refractivity contribution in [3.8, 4) is 0 Å². The highest BCUT2D eigenvalue weighted by molar-refractivity contribution is 9.11. The number of nitrogens with two attached hydrogens (primary N) is 1. The van der Waals surface area contributed by atoms with Crippen molar-refractivity contribution < 1.29 is 0 Å². The van der Waals surface area contributed by atoms with Crippen molar-refractivity contribution in [2.75, 3.05) is 11.9 Å². The predicted octanol–water partition coefficient (Wildman–Crippen LogP) is 5.55. The summed E-state index contributed by atoms with van der Waals surface area (Å²) in [5.74, 6) is 0.456. The van der Waals surface area contributed by atoms with E-state index in [-0.39, 0.29) is 0 Å². The van der Waals surface area contributed by atoms with E-state index in [0.717, 1.165) is 33.2 Å². The van der Waals surface area contributed by atoms with Crippen LogP contribution in [0.3, 0.4) is 0 Å². The summed E-state index contributed by atoms with van der Waals surface area (Å²) >= 11 is 7.01. The molecular formula is C20H17Br2N3. The van der Waals surface area contributed by atoms with Crippen LogP contribution in [0.1, 0.15) is 11.1 Å². The first-order valence-electron chi connectivity index (χ1n) is 8.11. The lowest BCUT2D eigenvalue weighted by molar-refractivity contribution is 1.02. The summed E-state index contributed by atoms with van der Waals surface area (Å²) in [6.45, 7) is 0. The minimum atomic E-state index is 0.456. The third kappa shape index (κ3) is 2.96. The predicted molar refractivity (Wildman–Crippen MR) is 113 cm³/mol. The summed E-state index contributed by atoms with van der Waals surface area (Å²) in [6, 6.07) is 16.7. The lowest BCUT2D eigenvalue weighted by Gasteiger charge is -2.21. The molecule has 0 radical (unpaired) electrons. The van der Waals surface area contributed by atoms with E-state index in [0.29, 0.717) is 5.96 Å². The maximum atomic E-state index is 6.32. The largest absolute Gasteiger partial charge is 0.369 e. The number of aliphatic imine (C=N–C) groups is 1. The van der Waals surface area contributed by atoms with Gasteiger partial charge in [-0.15, -0.1) is 0 Å². The Morgan fingerprint density at radius 2 is 1.80 bits per heavy atom. The van der Waals surface area contributed by atoms with E-state index in [1.54, 1.807) is 0 Å². The van der Waals surface area contributed by atoms with Crippen LogP contribution in [0.2, 0.25) is 0 Å². The molecule has 0 saturated carbocycles. The Kier molecular flexibility index (Phi) is 4.29. The van der Waals surface area contributed by atoms with Crippen LogP contribution >= 0.6 is 31.9 Å². The van der Waals surface area contributed by atoms with Gasteiger partial charge in [0.15, 0.2) is 0 Å². The van der Waals surface area contributed by atoms with Gasteiger partial charge in [-0.3, -0.25) is 0 Å². The molecule has 0 aromatic heterocycles. The molecule has 0 saturated heterocycles. The fourth-order valence-corrected chi connectivity index (χ4v) is 4.10. The molecule has 0 spiro atoms. The molecule has 0 atom stereocenters. The molecule has 126 valence electrons. The fraction of sp³-hybridized carbons (Fsp3) is 0.150. The number of hydrogen-bond acceptors (Lipinski definition) is 1. The number of aryl methyl sites for hydroxylation is 2. The third-order valence-electron chi connectivity index (χ3n) is 4.70. The van der Waals surface area contributed by atoms with Crippen molar-refractivity contribution in [1.82, 2.24) is 0 Å². The number of benzene rings is 3. The molecule has 1 aliphatic carbocycles. The minimum Gasteiger partial charge on any atom is -0.369 e. The molecule has 1 aliphatic rings. The van der Waals surface area contributed by atoms with Gasteiger partial charge in [-0.1, -0.05) is 40.2 Å². The highest BCUT2D eigenvalue weighted by atomic mass is 79.9. The lowest BCUT2D eigenvalue weighted by atomic mass is 10.0. The van der Waals surface area contributed by atoms with Gasteiger partial charge < -0.3 is 10.6 Å². The minimum absolute atomic E-state index is 0.456. The number of nitrogens with zero attached hydrogens (tertiary/aromatic N) is 2. The topological polar surface area (TPSA) is 41.6 Å². The van der Waals surface area contributed by atoms with Crippen molar-refractivity contribution in [2.24, 2.45) is 10.7 Å². The fourth-order valence-electron chi connectivity index (χ4n) is 3.42. The van der Waals surface area contributed by atoms with Crippen molar-refractivity contribution in [3.05, 3.63) is 68.6 Å². The Bertz CT molecular complexity index is 1000. The van der Waals surface area contributed by atoms with Gasteiger partial charge >= 0.3 is 0 Å². The number of halogens is 2. The molecule has 3 aromatic carbocycles. The van der Waals surface area contributed by atoms with E-state index in [1.807, 2.05) is 30.1 Å². The quantitative estimate of drug-likeness (QED) is 0.404. The summed E-state index contributed by atoms with van der Waals surface area (Å²) < 4.78 is 1.88. The summed E-state index contributed by atoms with van der Waals surface area (Å²) in [6.07, 6.45) is 2.24. The van der Waals surface area contributed by atoms with Crippen molar-refractivity contribution in [2.45, 2.75) is 12.8 Å². The van der Waals surface area contributed by atoms with Gasteiger partial charge in [0.05, 0.1) is 11.4 Å². The second kappa shape index (κ2) is 6.46. The number of anilines is 1. The summed E-state index contributed by atoms with van der Waals surface area (Å²) in [5.41, 5.74) is 11.0. The molecule has 0 fully saturated rings. The van der Waals surface area contributed by atoms with Crippen LogP contribution in [0.15, 0.2) is 62.5 Å². The maximum Gasteiger partial charge on any atom is 0.200 e. The molecule has 0 amide bonds. The molecule has 2 N–H and O–H groups in total. The van der Waals surface area contributed by atoms with Crippen molar-refractivity contribution in [1.29, 1.82) is 0 Å². The first kappa shape index (κ1) is 16.6. The molecule has 5 heteroatoms. The number of hydrogen-bond donors (Lipinski definition) is 1. The Morgan fingerprint density at radius 1 is 1.04 bits per heavy atom. The second-order valence-electron chi connectivity index (χ2n) is 6.21. The van der Waals surface area contributed by atoms with Crippen molar-refractivity contribution in [3.63, 3.8) is 0 Å². The zero-order valence-electron chi connectivity index (χ0n) is 13.8. The van der Waals surface area contributed by atoms with Gasteiger partial charge in [0.25, 0.3) is 0 Å². The normalized spacial score (nSPS) is 13.5. The van der Waals surface area contributed by atoms with Gasteiger partial charge in [-0.05, 0) is 69.6 Å². The van der Waals surface area contributed by atoms with Crippen LogP contribution in [-0.2, 0) is 12.8 Å². The van der Waals surface area contributed by atoms with E-state index < -0.39 is 0 Å². The molecule has 3 aromatic rings. The molecule has 25 heavy (non-hydrogen) atoms. The first-order chi connectivity index (χ1) is 12.0. The summed E-state index contributed by atoms with van der Waals surface area (Å²) in [4.78, 5) is 6.56. The Labute approximate surface area is 163 Å². The smallest absolute Gasteiger partial charge is 0.200 e. The average Bonchev–Trinajstić information content (AvgIpc) is 3.03. The van der Waals surface area contributed by atoms with Crippen LogP contribution in [0.5, 0.6) is 0 Å². The van der Waals surface area contributed by atoms with Crippen molar-refractivity contribution >= 4 is 60.0 Å². The molecule has 0 unspecified atom stereocenters. The van der Waals surface area contributed by atoms with Crippen LogP contribution in [0.25, 0.3) is 10.8 Å². The molecular weight excluding hydrogens is 442 g/mol. The molecule has 4 rings (SSSR count). The zero-order chi connectivity index (χ0) is 17.6. The van der Waals surface area contributed by atoms with Gasteiger partial charge in [-0.25, -0.2) is 4.99 Å². The highest BCUT2D eigenvalue weighted by Gasteiger charge is 2.18. The zero-order valence-corrected chi connectivity index (χ0v) is 16.9. The first-order valence-corrected chi connectivity index (χ1v) is 9.69. The monoisotopic (exact) mass is 457 g/mol. The number of rotatable bonds is 2. The molecule has 0 heterocycles. The van der Waals surface area contributed by atoms with Crippen LogP contribution in [0.4, 0.5) is 11.4 Å². The SMILES string of the molecule is CN(C(N)=Nc1cc(Br)ccc1Br)c1ccc2c3c(cccc13)CC2. The van der Waals surface area contributed by atoms with Crippen LogP contribution in [-0.4, -0.2) is 13.0 Å².